The van der Waals surface area contributed by atoms with E-state index in [9.17, 15) is 9.59 Å². The van der Waals surface area contributed by atoms with Crippen molar-refractivity contribution < 1.29 is 14.3 Å². The fourth-order valence-electron chi connectivity index (χ4n) is 2.74. The van der Waals surface area contributed by atoms with Crippen LogP contribution in [0.25, 0.3) is 6.08 Å². The van der Waals surface area contributed by atoms with E-state index in [1.54, 1.807) is 25.3 Å². The van der Waals surface area contributed by atoms with E-state index >= 15 is 0 Å². The first-order chi connectivity index (χ1) is 11.9. The highest BCUT2D eigenvalue weighted by molar-refractivity contribution is 6.07. The molecule has 0 saturated carbocycles. The number of carbonyl (C=O) groups is 2. The first-order valence-electron chi connectivity index (χ1n) is 7.99. The largest absolute Gasteiger partial charge is 0.497 e. The van der Waals surface area contributed by atoms with Gasteiger partial charge in [0.15, 0.2) is 0 Å². The lowest BCUT2D eigenvalue weighted by atomic mass is 9.86. The summed E-state index contributed by atoms with van der Waals surface area (Å²) < 4.78 is 5.10. The third kappa shape index (κ3) is 3.40. The lowest BCUT2D eigenvalue weighted by Crippen LogP contribution is -2.26. The molecule has 1 aliphatic rings. The third-order valence-electron chi connectivity index (χ3n) is 4.32. The van der Waals surface area contributed by atoms with Crippen LogP contribution >= 0.6 is 0 Å². The summed E-state index contributed by atoms with van der Waals surface area (Å²) in [5.41, 5.74) is 2.67. The van der Waals surface area contributed by atoms with E-state index in [1.165, 1.54) is 6.08 Å². The smallest absolute Gasteiger partial charge is 0.248 e. The average Bonchev–Trinajstić information content (AvgIpc) is 2.82. The molecule has 1 aliphatic heterocycles. The Morgan fingerprint density at radius 3 is 2.56 bits per heavy atom. The number of benzene rings is 2. The van der Waals surface area contributed by atoms with Crippen LogP contribution in [-0.2, 0) is 15.0 Å². The second kappa shape index (κ2) is 6.43. The molecule has 0 fully saturated rings. The second-order valence-corrected chi connectivity index (χ2v) is 6.44. The summed E-state index contributed by atoms with van der Waals surface area (Å²) in [4.78, 5) is 24.1. The van der Waals surface area contributed by atoms with Crippen molar-refractivity contribution in [1.82, 2.24) is 0 Å². The van der Waals surface area contributed by atoms with Crippen LogP contribution in [-0.4, -0.2) is 18.9 Å². The first kappa shape index (κ1) is 16.8. The van der Waals surface area contributed by atoms with Crippen LogP contribution in [0.2, 0.25) is 0 Å². The quantitative estimate of drug-likeness (QED) is 0.839. The van der Waals surface area contributed by atoms with E-state index in [2.05, 4.69) is 10.6 Å². The second-order valence-electron chi connectivity index (χ2n) is 6.44. The molecule has 128 valence electrons. The van der Waals surface area contributed by atoms with Gasteiger partial charge in [-0.3, -0.25) is 9.59 Å². The number of rotatable bonds is 4. The van der Waals surface area contributed by atoms with Crippen molar-refractivity contribution in [1.29, 1.82) is 0 Å². The minimum atomic E-state index is -0.549. The lowest BCUT2D eigenvalue weighted by Gasteiger charge is -2.15. The van der Waals surface area contributed by atoms with Crippen molar-refractivity contribution in [2.75, 3.05) is 17.7 Å². The normalized spacial score (nSPS) is 14.9. The number of amides is 2. The minimum absolute atomic E-state index is 0.0367. The highest BCUT2D eigenvalue weighted by atomic mass is 16.5. The van der Waals surface area contributed by atoms with E-state index < -0.39 is 5.41 Å². The molecule has 0 saturated heterocycles. The maximum absolute atomic E-state index is 12.1. The fraction of sp³-hybridized carbons (Fsp3) is 0.200. The number of anilines is 2. The predicted octanol–water partition coefficient (Wildman–Crippen LogP) is 3.58. The molecule has 5 nitrogen and oxygen atoms in total. The van der Waals surface area contributed by atoms with Crippen molar-refractivity contribution in [2.45, 2.75) is 19.3 Å². The standard InChI is InChI=1S/C20H20N2O3/c1-20(2)16-10-7-14(12-17(16)22-19(20)24)21-18(23)11-6-13-4-8-15(25-3)9-5-13/h4-12H,1-3H3,(H,21,23)(H,22,24). The van der Waals surface area contributed by atoms with Crippen LogP contribution in [0, 0.1) is 0 Å². The highest BCUT2D eigenvalue weighted by Gasteiger charge is 2.38. The molecular formula is C20H20N2O3. The Hall–Kier alpha value is -3.08. The predicted molar refractivity (Wildman–Crippen MR) is 98.8 cm³/mol. The van der Waals surface area contributed by atoms with Crippen LogP contribution in [0.1, 0.15) is 25.0 Å². The van der Waals surface area contributed by atoms with Gasteiger partial charge in [0, 0.05) is 17.5 Å². The van der Waals surface area contributed by atoms with E-state index in [0.29, 0.717) is 5.69 Å². The van der Waals surface area contributed by atoms with Gasteiger partial charge in [-0.25, -0.2) is 0 Å². The summed E-state index contributed by atoms with van der Waals surface area (Å²) in [5, 5.41) is 5.65. The Labute approximate surface area is 146 Å². The van der Waals surface area contributed by atoms with Gasteiger partial charge in [0.2, 0.25) is 11.8 Å². The van der Waals surface area contributed by atoms with Crippen molar-refractivity contribution in [3.63, 3.8) is 0 Å². The molecular weight excluding hydrogens is 316 g/mol. The number of hydrogen-bond acceptors (Lipinski definition) is 3. The Kier molecular flexibility index (Phi) is 4.31. The third-order valence-corrected chi connectivity index (χ3v) is 4.32. The minimum Gasteiger partial charge on any atom is -0.497 e. The SMILES string of the molecule is COc1ccc(C=CC(=O)Nc2ccc3c(c2)NC(=O)C3(C)C)cc1. The van der Waals surface area contributed by atoms with Gasteiger partial charge in [-0.2, -0.15) is 0 Å². The topological polar surface area (TPSA) is 67.4 Å². The van der Waals surface area contributed by atoms with Gasteiger partial charge in [0.25, 0.3) is 0 Å². The van der Waals surface area contributed by atoms with Crippen LogP contribution in [0.5, 0.6) is 5.75 Å². The Bertz CT molecular complexity index is 852. The van der Waals surface area contributed by atoms with Crippen LogP contribution in [0.15, 0.2) is 48.5 Å². The van der Waals surface area contributed by atoms with E-state index in [4.69, 9.17) is 4.74 Å². The average molecular weight is 336 g/mol. The molecule has 5 heteroatoms. The van der Waals surface area contributed by atoms with Gasteiger partial charge in [-0.1, -0.05) is 18.2 Å². The summed E-state index contributed by atoms with van der Waals surface area (Å²) in [5.74, 6) is 0.495. The fourth-order valence-corrected chi connectivity index (χ4v) is 2.74. The summed E-state index contributed by atoms with van der Waals surface area (Å²) >= 11 is 0. The van der Waals surface area contributed by atoms with Gasteiger partial charge >= 0.3 is 0 Å². The van der Waals surface area contributed by atoms with E-state index in [-0.39, 0.29) is 11.8 Å². The van der Waals surface area contributed by atoms with Crippen molar-refractivity contribution >= 4 is 29.3 Å². The molecule has 2 amide bonds. The Balaban J connectivity index is 1.68. The van der Waals surface area contributed by atoms with Crippen molar-refractivity contribution in [3.05, 3.63) is 59.7 Å². The zero-order valence-corrected chi connectivity index (χ0v) is 14.4. The maximum Gasteiger partial charge on any atom is 0.248 e. The summed E-state index contributed by atoms with van der Waals surface area (Å²) in [7, 11) is 1.61. The number of carbonyl (C=O) groups excluding carboxylic acids is 2. The summed E-state index contributed by atoms with van der Waals surface area (Å²) in [6.45, 7) is 3.76. The molecule has 0 atom stereocenters. The van der Waals surface area contributed by atoms with E-state index in [1.807, 2.05) is 44.2 Å². The molecule has 0 bridgehead atoms. The molecule has 2 aromatic rings. The van der Waals surface area contributed by atoms with Crippen molar-refractivity contribution in [3.8, 4) is 5.75 Å². The molecule has 0 aliphatic carbocycles. The molecule has 3 rings (SSSR count). The molecule has 1 heterocycles. The zero-order chi connectivity index (χ0) is 18.0. The molecule has 25 heavy (non-hydrogen) atoms. The molecule has 0 spiro atoms. The van der Waals surface area contributed by atoms with Gasteiger partial charge in [0.1, 0.15) is 5.75 Å². The molecule has 0 aromatic heterocycles. The molecule has 0 radical (unpaired) electrons. The maximum atomic E-state index is 12.1. The first-order valence-corrected chi connectivity index (χ1v) is 7.99. The highest BCUT2D eigenvalue weighted by Crippen LogP contribution is 2.38. The van der Waals surface area contributed by atoms with Crippen LogP contribution in [0.4, 0.5) is 11.4 Å². The number of hydrogen-bond donors (Lipinski definition) is 2. The van der Waals surface area contributed by atoms with Crippen LogP contribution in [0.3, 0.4) is 0 Å². The zero-order valence-electron chi connectivity index (χ0n) is 14.4. The number of methoxy groups -OCH3 is 1. The summed E-state index contributed by atoms with van der Waals surface area (Å²) in [6, 6.07) is 12.9. The molecule has 2 aromatic carbocycles. The Morgan fingerprint density at radius 2 is 1.88 bits per heavy atom. The van der Waals surface area contributed by atoms with E-state index in [0.717, 1.165) is 22.6 Å². The van der Waals surface area contributed by atoms with Gasteiger partial charge in [-0.15, -0.1) is 0 Å². The van der Waals surface area contributed by atoms with Gasteiger partial charge in [0.05, 0.1) is 12.5 Å². The van der Waals surface area contributed by atoms with Gasteiger partial charge < -0.3 is 15.4 Å². The molecule has 2 N–H and O–H groups in total. The molecule has 0 unspecified atom stereocenters. The van der Waals surface area contributed by atoms with Gasteiger partial charge in [-0.05, 0) is 55.3 Å². The number of ether oxygens (including phenoxy) is 1. The van der Waals surface area contributed by atoms with Crippen LogP contribution < -0.4 is 15.4 Å². The van der Waals surface area contributed by atoms with Crippen molar-refractivity contribution in [2.24, 2.45) is 0 Å². The Morgan fingerprint density at radius 1 is 1.16 bits per heavy atom. The lowest BCUT2D eigenvalue weighted by molar-refractivity contribution is -0.119. The number of nitrogens with one attached hydrogen (secondary N) is 2. The monoisotopic (exact) mass is 336 g/mol. The number of fused-ring (bicyclic) bond motifs is 1. The summed E-state index contributed by atoms with van der Waals surface area (Å²) in [6.07, 6.45) is 3.20.